The molecule has 168 valence electrons. The number of thioether (sulfide) groups is 1. The van der Waals surface area contributed by atoms with Crippen LogP contribution in [-0.4, -0.2) is 34.6 Å². The van der Waals surface area contributed by atoms with Gasteiger partial charge in [0.1, 0.15) is 6.04 Å². The fraction of sp³-hybridized carbons (Fsp3) is 0.440. The van der Waals surface area contributed by atoms with Gasteiger partial charge in [-0.25, -0.2) is 0 Å². The van der Waals surface area contributed by atoms with Gasteiger partial charge in [-0.1, -0.05) is 66.0 Å². The van der Waals surface area contributed by atoms with Crippen LogP contribution in [0, 0.1) is 13.8 Å². The summed E-state index contributed by atoms with van der Waals surface area (Å²) in [6.07, 6.45) is 0.836. The van der Waals surface area contributed by atoms with Crippen molar-refractivity contribution in [3.05, 3.63) is 69.7 Å². The van der Waals surface area contributed by atoms with Gasteiger partial charge in [-0.15, -0.1) is 11.8 Å². The average Bonchev–Trinajstić information content (AvgIpc) is 2.71. The minimum atomic E-state index is -0.584. The van der Waals surface area contributed by atoms with E-state index in [9.17, 15) is 9.59 Å². The molecule has 2 atom stereocenters. The summed E-state index contributed by atoms with van der Waals surface area (Å²) in [5, 5.41) is 3.58. The molecule has 0 saturated carbocycles. The van der Waals surface area contributed by atoms with Crippen molar-refractivity contribution < 1.29 is 9.59 Å². The molecule has 0 saturated heterocycles. The zero-order valence-electron chi connectivity index (χ0n) is 19.1. The van der Waals surface area contributed by atoms with Gasteiger partial charge in [0, 0.05) is 23.4 Å². The summed E-state index contributed by atoms with van der Waals surface area (Å²) in [6, 6.07) is 13.4. The van der Waals surface area contributed by atoms with E-state index in [1.807, 2.05) is 32.0 Å². The summed E-state index contributed by atoms with van der Waals surface area (Å²) in [5.74, 6) is 0.843. The van der Waals surface area contributed by atoms with Crippen molar-refractivity contribution in [3.63, 3.8) is 0 Å². The molecular weight excluding hydrogens is 428 g/mol. The minimum Gasteiger partial charge on any atom is -0.352 e. The van der Waals surface area contributed by atoms with Crippen LogP contribution >= 0.6 is 23.4 Å². The second-order valence-electron chi connectivity index (χ2n) is 8.10. The van der Waals surface area contributed by atoms with Crippen LogP contribution in [0.25, 0.3) is 0 Å². The molecule has 2 rings (SSSR count). The number of carbonyl (C=O) groups is 2. The van der Waals surface area contributed by atoms with Crippen molar-refractivity contribution in [3.8, 4) is 0 Å². The van der Waals surface area contributed by atoms with Gasteiger partial charge in [-0.2, -0.15) is 0 Å². The van der Waals surface area contributed by atoms with Crippen molar-refractivity contribution in [2.45, 2.75) is 65.4 Å². The second-order valence-corrected chi connectivity index (χ2v) is 9.49. The summed E-state index contributed by atoms with van der Waals surface area (Å²) < 4.78 is 0. The number of amides is 2. The molecule has 0 bridgehead atoms. The lowest BCUT2D eigenvalue weighted by Gasteiger charge is -2.30. The van der Waals surface area contributed by atoms with E-state index in [4.69, 9.17) is 11.6 Å². The second kappa shape index (κ2) is 12.2. The number of benzene rings is 2. The van der Waals surface area contributed by atoms with E-state index in [1.165, 1.54) is 16.7 Å². The van der Waals surface area contributed by atoms with Gasteiger partial charge in [0.15, 0.2) is 0 Å². The Morgan fingerprint density at radius 3 is 2.35 bits per heavy atom. The third-order valence-electron chi connectivity index (χ3n) is 5.24. The van der Waals surface area contributed by atoms with Crippen LogP contribution in [0.5, 0.6) is 0 Å². The number of nitrogens with one attached hydrogen (secondary N) is 1. The highest BCUT2D eigenvalue weighted by Gasteiger charge is 2.27. The van der Waals surface area contributed by atoms with Crippen LogP contribution in [0.2, 0.25) is 5.02 Å². The normalized spacial score (nSPS) is 12.8. The Bertz CT molecular complexity index is 883. The van der Waals surface area contributed by atoms with Gasteiger partial charge in [0.25, 0.3) is 0 Å². The average molecular weight is 461 g/mol. The fourth-order valence-electron chi connectivity index (χ4n) is 3.35. The molecule has 6 heteroatoms. The predicted molar refractivity (Wildman–Crippen MR) is 131 cm³/mol. The molecule has 0 spiro atoms. The lowest BCUT2D eigenvalue weighted by molar-refractivity contribution is -0.138. The van der Waals surface area contributed by atoms with Crippen molar-refractivity contribution >= 4 is 35.2 Å². The Hall–Kier alpha value is -1.98. The first-order chi connectivity index (χ1) is 14.7. The molecule has 0 aliphatic carbocycles. The Morgan fingerprint density at radius 1 is 1.10 bits per heavy atom. The zero-order chi connectivity index (χ0) is 23.0. The highest BCUT2D eigenvalue weighted by Crippen LogP contribution is 2.21. The Labute approximate surface area is 195 Å². The van der Waals surface area contributed by atoms with Crippen LogP contribution in [0.3, 0.4) is 0 Å². The minimum absolute atomic E-state index is 0.0613. The summed E-state index contributed by atoms with van der Waals surface area (Å²) in [6.45, 7) is 10.2. The monoisotopic (exact) mass is 460 g/mol. The van der Waals surface area contributed by atoms with E-state index in [0.29, 0.717) is 17.3 Å². The quantitative estimate of drug-likeness (QED) is 0.507. The molecular formula is C25H33ClN2O2S. The standard InChI is InChI=1S/C25H33ClN2O2S/c1-6-19(4)27-25(30)20(5)28(14-22-9-7-8-10-23(22)26)24(29)16-31-15-21-12-17(2)11-18(3)13-21/h7-13,19-20H,6,14-16H2,1-5H3,(H,27,30). The summed E-state index contributed by atoms with van der Waals surface area (Å²) in [7, 11) is 0. The molecule has 0 aromatic heterocycles. The molecule has 2 amide bonds. The van der Waals surface area contributed by atoms with Crippen molar-refractivity contribution in [1.29, 1.82) is 0 Å². The number of carbonyl (C=O) groups excluding carboxylic acids is 2. The SMILES string of the molecule is CCC(C)NC(=O)C(C)N(Cc1ccccc1Cl)C(=O)CSCc1cc(C)cc(C)c1. The molecule has 1 N–H and O–H groups in total. The van der Waals surface area contributed by atoms with Gasteiger partial charge in [0.2, 0.25) is 11.8 Å². The third-order valence-corrected chi connectivity index (χ3v) is 6.60. The number of halogens is 1. The molecule has 2 aromatic rings. The largest absolute Gasteiger partial charge is 0.352 e. The van der Waals surface area contributed by atoms with Crippen LogP contribution in [0.4, 0.5) is 0 Å². The third kappa shape index (κ3) is 7.89. The van der Waals surface area contributed by atoms with Crippen LogP contribution in [-0.2, 0) is 21.9 Å². The predicted octanol–water partition coefficient (Wildman–Crippen LogP) is 5.52. The van der Waals surface area contributed by atoms with Crippen molar-refractivity contribution in [2.24, 2.45) is 0 Å². The van der Waals surface area contributed by atoms with E-state index in [-0.39, 0.29) is 17.9 Å². The molecule has 2 aromatic carbocycles. The van der Waals surface area contributed by atoms with E-state index in [1.54, 1.807) is 29.7 Å². The smallest absolute Gasteiger partial charge is 0.242 e. The Balaban J connectivity index is 2.11. The van der Waals surface area contributed by atoms with Gasteiger partial charge in [0.05, 0.1) is 5.75 Å². The highest BCUT2D eigenvalue weighted by atomic mass is 35.5. The number of nitrogens with zero attached hydrogens (tertiary/aromatic N) is 1. The maximum Gasteiger partial charge on any atom is 0.242 e. The van der Waals surface area contributed by atoms with E-state index in [0.717, 1.165) is 17.7 Å². The molecule has 0 aliphatic rings. The molecule has 0 radical (unpaired) electrons. The topological polar surface area (TPSA) is 49.4 Å². The summed E-state index contributed by atoms with van der Waals surface area (Å²) >= 11 is 7.90. The van der Waals surface area contributed by atoms with Crippen molar-refractivity contribution in [1.82, 2.24) is 10.2 Å². The maximum absolute atomic E-state index is 13.2. The van der Waals surface area contributed by atoms with E-state index in [2.05, 4.69) is 37.4 Å². The first-order valence-corrected chi connectivity index (χ1v) is 12.2. The lowest BCUT2D eigenvalue weighted by atomic mass is 10.1. The molecule has 2 unspecified atom stereocenters. The molecule has 4 nitrogen and oxygen atoms in total. The molecule has 31 heavy (non-hydrogen) atoms. The lowest BCUT2D eigenvalue weighted by Crippen LogP contribution is -2.50. The molecule has 0 aliphatic heterocycles. The van der Waals surface area contributed by atoms with Crippen molar-refractivity contribution in [2.75, 3.05) is 5.75 Å². The number of rotatable bonds is 10. The number of hydrogen-bond donors (Lipinski definition) is 1. The van der Waals surface area contributed by atoms with Gasteiger partial charge in [-0.05, 0) is 51.3 Å². The highest BCUT2D eigenvalue weighted by molar-refractivity contribution is 7.99. The van der Waals surface area contributed by atoms with Crippen LogP contribution in [0.1, 0.15) is 49.4 Å². The van der Waals surface area contributed by atoms with Gasteiger partial charge < -0.3 is 10.2 Å². The summed E-state index contributed by atoms with van der Waals surface area (Å²) in [4.78, 5) is 27.6. The van der Waals surface area contributed by atoms with Gasteiger partial charge in [-0.3, -0.25) is 9.59 Å². The van der Waals surface area contributed by atoms with Gasteiger partial charge >= 0.3 is 0 Å². The molecule has 0 heterocycles. The van der Waals surface area contributed by atoms with Crippen LogP contribution < -0.4 is 5.32 Å². The zero-order valence-corrected chi connectivity index (χ0v) is 20.6. The first kappa shape index (κ1) is 25.3. The van der Waals surface area contributed by atoms with E-state index < -0.39 is 6.04 Å². The first-order valence-electron chi connectivity index (χ1n) is 10.7. The number of hydrogen-bond acceptors (Lipinski definition) is 3. The molecule has 0 fully saturated rings. The number of aryl methyl sites for hydroxylation is 2. The van der Waals surface area contributed by atoms with Crippen LogP contribution in [0.15, 0.2) is 42.5 Å². The Morgan fingerprint density at radius 2 is 1.74 bits per heavy atom. The van der Waals surface area contributed by atoms with E-state index >= 15 is 0 Å². The maximum atomic E-state index is 13.2. The Kier molecular flexibility index (Phi) is 9.92. The fourth-order valence-corrected chi connectivity index (χ4v) is 4.39. The summed E-state index contributed by atoms with van der Waals surface area (Å²) in [5.41, 5.74) is 4.48.